The van der Waals surface area contributed by atoms with Crippen LogP contribution < -0.4 is 5.32 Å². The van der Waals surface area contributed by atoms with Gasteiger partial charge >= 0.3 is 0 Å². The normalized spacial score (nSPS) is 11.6. The summed E-state index contributed by atoms with van der Waals surface area (Å²) in [5.41, 5.74) is 2.10. The first-order chi connectivity index (χ1) is 13.5. The molecular formula is C21H20ClN3OS2. The lowest BCUT2D eigenvalue weighted by Gasteiger charge is -2.08. The van der Waals surface area contributed by atoms with Gasteiger partial charge in [-0.1, -0.05) is 97.1 Å². The van der Waals surface area contributed by atoms with E-state index < -0.39 is 0 Å². The standard InChI is InChI=1S/C21H20ClN3OS2/c1-14(2)13-27-21-25-24-20(28-21)23-19(26)17(15-8-4-3-5-9-15)12-16-10-6-7-11-18(16)22/h3-12,14H,13H2,1-2H3,(H,23,24,26)/b17-12+. The van der Waals surface area contributed by atoms with Crippen LogP contribution in [0.1, 0.15) is 25.0 Å². The Hall–Kier alpha value is -2.15. The molecule has 0 aliphatic rings. The first kappa shape index (κ1) is 20.6. The van der Waals surface area contributed by atoms with Crippen LogP contribution in [0.3, 0.4) is 0 Å². The fourth-order valence-corrected chi connectivity index (χ4v) is 4.28. The second-order valence-corrected chi connectivity index (χ2v) is 9.13. The number of anilines is 1. The van der Waals surface area contributed by atoms with E-state index in [2.05, 4.69) is 29.4 Å². The Kier molecular flexibility index (Phi) is 7.25. The maximum atomic E-state index is 13.0. The fourth-order valence-electron chi connectivity index (χ4n) is 2.37. The van der Waals surface area contributed by atoms with Crippen molar-refractivity contribution >= 4 is 57.4 Å². The average molecular weight is 430 g/mol. The van der Waals surface area contributed by atoms with Crippen LogP contribution in [0.25, 0.3) is 11.6 Å². The number of halogens is 1. The van der Waals surface area contributed by atoms with Gasteiger partial charge in [-0.05, 0) is 29.2 Å². The molecule has 1 heterocycles. The van der Waals surface area contributed by atoms with Crippen molar-refractivity contribution in [2.24, 2.45) is 5.92 Å². The smallest absolute Gasteiger partial charge is 0.258 e. The topological polar surface area (TPSA) is 54.9 Å². The monoisotopic (exact) mass is 429 g/mol. The van der Waals surface area contributed by atoms with E-state index in [1.165, 1.54) is 11.3 Å². The van der Waals surface area contributed by atoms with Gasteiger partial charge in [0.2, 0.25) is 5.13 Å². The lowest BCUT2D eigenvalue weighted by Crippen LogP contribution is -2.13. The minimum atomic E-state index is -0.248. The molecule has 28 heavy (non-hydrogen) atoms. The highest BCUT2D eigenvalue weighted by Gasteiger charge is 2.16. The second kappa shape index (κ2) is 9.87. The van der Waals surface area contributed by atoms with Crippen LogP contribution in [-0.4, -0.2) is 21.9 Å². The molecule has 3 aromatic rings. The molecule has 1 aromatic heterocycles. The third kappa shape index (κ3) is 5.67. The third-order valence-corrected chi connectivity index (χ3v) is 6.44. The van der Waals surface area contributed by atoms with E-state index in [0.29, 0.717) is 21.6 Å². The van der Waals surface area contributed by atoms with Gasteiger partial charge in [0, 0.05) is 16.3 Å². The molecule has 4 nitrogen and oxygen atoms in total. The van der Waals surface area contributed by atoms with Gasteiger partial charge in [-0.15, -0.1) is 10.2 Å². The number of aromatic nitrogens is 2. The van der Waals surface area contributed by atoms with Gasteiger partial charge < -0.3 is 0 Å². The summed E-state index contributed by atoms with van der Waals surface area (Å²) in [6, 6.07) is 16.9. The van der Waals surface area contributed by atoms with E-state index in [1.54, 1.807) is 23.9 Å². The minimum absolute atomic E-state index is 0.248. The third-order valence-electron chi connectivity index (χ3n) is 3.70. The summed E-state index contributed by atoms with van der Waals surface area (Å²) in [6.07, 6.45) is 1.79. The van der Waals surface area contributed by atoms with Crippen LogP contribution in [-0.2, 0) is 4.79 Å². The Morgan fingerprint density at radius 2 is 1.86 bits per heavy atom. The summed E-state index contributed by atoms with van der Waals surface area (Å²) in [7, 11) is 0. The molecule has 144 valence electrons. The van der Waals surface area contributed by atoms with Gasteiger partial charge in [0.1, 0.15) is 0 Å². The predicted octanol–water partition coefficient (Wildman–Crippen LogP) is 6.12. The molecule has 0 fully saturated rings. The first-order valence-corrected chi connectivity index (χ1v) is 11.0. The van der Waals surface area contributed by atoms with E-state index in [9.17, 15) is 4.79 Å². The Bertz CT molecular complexity index is 971. The van der Waals surface area contributed by atoms with Gasteiger partial charge in [0.05, 0.1) is 0 Å². The zero-order valence-corrected chi connectivity index (χ0v) is 17.9. The summed E-state index contributed by atoms with van der Waals surface area (Å²) in [5.74, 6) is 1.28. The summed E-state index contributed by atoms with van der Waals surface area (Å²) < 4.78 is 0.848. The van der Waals surface area contributed by atoms with Crippen molar-refractivity contribution in [3.63, 3.8) is 0 Å². The van der Waals surface area contributed by atoms with Crippen molar-refractivity contribution in [1.82, 2.24) is 10.2 Å². The molecule has 7 heteroatoms. The average Bonchev–Trinajstić information content (AvgIpc) is 3.13. The van der Waals surface area contributed by atoms with Crippen molar-refractivity contribution in [3.05, 3.63) is 70.7 Å². The number of hydrogen-bond donors (Lipinski definition) is 1. The van der Waals surface area contributed by atoms with E-state index in [1.807, 2.05) is 48.5 Å². The molecule has 0 saturated carbocycles. The largest absolute Gasteiger partial charge is 0.296 e. The maximum Gasteiger partial charge on any atom is 0.258 e. The highest BCUT2D eigenvalue weighted by Crippen LogP contribution is 2.29. The Morgan fingerprint density at radius 1 is 1.14 bits per heavy atom. The second-order valence-electron chi connectivity index (χ2n) is 6.48. The molecule has 1 N–H and O–H groups in total. The number of benzene rings is 2. The summed E-state index contributed by atoms with van der Waals surface area (Å²) in [5, 5.41) is 12.2. The molecular weight excluding hydrogens is 410 g/mol. The number of rotatable bonds is 7. The zero-order chi connectivity index (χ0) is 19.9. The number of nitrogens with one attached hydrogen (secondary N) is 1. The van der Waals surface area contributed by atoms with E-state index in [-0.39, 0.29) is 5.91 Å². The first-order valence-electron chi connectivity index (χ1n) is 8.82. The fraction of sp³-hybridized carbons (Fsp3) is 0.190. The van der Waals surface area contributed by atoms with Crippen molar-refractivity contribution in [2.45, 2.75) is 18.2 Å². The number of carbonyl (C=O) groups excluding carboxylic acids is 1. The highest BCUT2D eigenvalue weighted by molar-refractivity contribution is 8.01. The molecule has 0 radical (unpaired) electrons. The van der Waals surface area contributed by atoms with Gasteiger partial charge in [-0.3, -0.25) is 10.1 Å². The van der Waals surface area contributed by atoms with Crippen LogP contribution in [0.4, 0.5) is 5.13 Å². The van der Waals surface area contributed by atoms with Crippen LogP contribution in [0.5, 0.6) is 0 Å². The molecule has 0 aliphatic heterocycles. The van der Waals surface area contributed by atoms with Crippen LogP contribution in [0.15, 0.2) is 58.9 Å². The molecule has 0 atom stereocenters. The minimum Gasteiger partial charge on any atom is -0.296 e. The molecule has 1 amide bonds. The summed E-state index contributed by atoms with van der Waals surface area (Å²) in [6.45, 7) is 4.31. The molecule has 2 aromatic carbocycles. The number of hydrogen-bond acceptors (Lipinski definition) is 5. The van der Waals surface area contributed by atoms with Gasteiger partial charge in [0.25, 0.3) is 5.91 Å². The molecule has 3 rings (SSSR count). The molecule has 0 unspecified atom stereocenters. The van der Waals surface area contributed by atoms with Gasteiger partial charge in [-0.25, -0.2) is 0 Å². The van der Waals surface area contributed by atoms with Crippen molar-refractivity contribution in [2.75, 3.05) is 11.1 Å². The zero-order valence-electron chi connectivity index (χ0n) is 15.6. The highest BCUT2D eigenvalue weighted by atomic mass is 35.5. The molecule has 0 aliphatic carbocycles. The molecule has 0 saturated heterocycles. The summed E-state index contributed by atoms with van der Waals surface area (Å²) >= 11 is 9.31. The molecule has 0 spiro atoms. The predicted molar refractivity (Wildman–Crippen MR) is 120 cm³/mol. The van der Waals surface area contributed by atoms with Crippen molar-refractivity contribution < 1.29 is 4.79 Å². The van der Waals surface area contributed by atoms with Gasteiger partial charge in [-0.2, -0.15) is 0 Å². The van der Waals surface area contributed by atoms with E-state index in [4.69, 9.17) is 11.6 Å². The molecule has 0 bridgehead atoms. The van der Waals surface area contributed by atoms with Crippen LogP contribution in [0, 0.1) is 5.92 Å². The number of thioether (sulfide) groups is 1. The van der Waals surface area contributed by atoms with Crippen LogP contribution in [0.2, 0.25) is 5.02 Å². The van der Waals surface area contributed by atoms with Gasteiger partial charge in [0.15, 0.2) is 4.34 Å². The maximum absolute atomic E-state index is 13.0. The SMILES string of the molecule is CC(C)CSc1nnc(NC(=O)/C(=C/c2ccccc2Cl)c2ccccc2)s1. The van der Waals surface area contributed by atoms with Crippen LogP contribution >= 0.6 is 34.7 Å². The number of amides is 1. The lowest BCUT2D eigenvalue weighted by atomic mass is 10.0. The van der Waals surface area contributed by atoms with Crippen molar-refractivity contribution in [3.8, 4) is 0 Å². The Labute approximate surface area is 178 Å². The summed E-state index contributed by atoms with van der Waals surface area (Å²) in [4.78, 5) is 13.0. The Morgan fingerprint density at radius 3 is 2.57 bits per heavy atom. The van der Waals surface area contributed by atoms with Crippen molar-refractivity contribution in [1.29, 1.82) is 0 Å². The number of carbonyl (C=O) groups is 1. The quantitative estimate of drug-likeness (QED) is 0.213. The van der Waals surface area contributed by atoms with E-state index in [0.717, 1.165) is 21.2 Å². The lowest BCUT2D eigenvalue weighted by molar-refractivity contribution is -0.111. The number of nitrogens with zero attached hydrogens (tertiary/aromatic N) is 2. The Balaban J connectivity index is 1.85. The van der Waals surface area contributed by atoms with E-state index >= 15 is 0 Å².